The van der Waals surface area contributed by atoms with Gasteiger partial charge < -0.3 is 5.32 Å². The van der Waals surface area contributed by atoms with Crippen molar-refractivity contribution in [2.24, 2.45) is 5.41 Å². The first-order chi connectivity index (χ1) is 7.94. The molecule has 0 fully saturated rings. The molecule has 2 nitrogen and oxygen atoms in total. The molecule has 0 aromatic heterocycles. The van der Waals surface area contributed by atoms with E-state index in [1.165, 1.54) is 0 Å². The van der Waals surface area contributed by atoms with E-state index >= 15 is 0 Å². The highest BCUT2D eigenvalue weighted by atomic mass is 35.5. The molecule has 0 bridgehead atoms. The third-order valence-corrected chi connectivity index (χ3v) is 3.34. The third kappa shape index (κ3) is 4.85. The fourth-order valence-corrected chi connectivity index (χ4v) is 1.73. The van der Waals surface area contributed by atoms with Gasteiger partial charge >= 0.3 is 0 Å². The summed E-state index contributed by atoms with van der Waals surface area (Å²) in [5.41, 5.74) is 1.03. The Labute approximate surface area is 113 Å². The molecule has 1 N–H and O–H groups in total. The van der Waals surface area contributed by atoms with Crippen molar-refractivity contribution in [3.8, 4) is 6.07 Å². The number of anilines is 1. The summed E-state index contributed by atoms with van der Waals surface area (Å²) in [5.74, 6) is 0. The number of benzene rings is 1. The van der Waals surface area contributed by atoms with Gasteiger partial charge in [-0.1, -0.05) is 37.0 Å². The summed E-state index contributed by atoms with van der Waals surface area (Å²) in [7, 11) is 0. The van der Waals surface area contributed by atoms with Crippen LogP contribution in [0.2, 0.25) is 10.0 Å². The summed E-state index contributed by atoms with van der Waals surface area (Å²) in [4.78, 5) is 0. The molecule has 0 saturated carbocycles. The Bertz CT molecular complexity index is 422. The molecule has 4 heteroatoms. The Kier molecular flexibility index (Phi) is 5.11. The van der Waals surface area contributed by atoms with Crippen LogP contribution in [0.5, 0.6) is 0 Å². The number of nitrogens with zero attached hydrogens (tertiary/aromatic N) is 1. The van der Waals surface area contributed by atoms with Crippen LogP contribution in [0.15, 0.2) is 18.2 Å². The van der Waals surface area contributed by atoms with Gasteiger partial charge in [-0.25, -0.2) is 0 Å². The Hall–Kier alpha value is -0.910. The van der Waals surface area contributed by atoms with Crippen molar-refractivity contribution < 1.29 is 0 Å². The largest absolute Gasteiger partial charge is 0.384 e. The van der Waals surface area contributed by atoms with Gasteiger partial charge in [0.05, 0.1) is 16.1 Å². The Morgan fingerprint density at radius 3 is 2.59 bits per heavy atom. The van der Waals surface area contributed by atoms with Crippen LogP contribution >= 0.6 is 23.2 Å². The highest BCUT2D eigenvalue weighted by molar-refractivity contribution is 6.42. The van der Waals surface area contributed by atoms with E-state index in [0.29, 0.717) is 16.5 Å². The van der Waals surface area contributed by atoms with Crippen molar-refractivity contribution in [2.75, 3.05) is 11.9 Å². The molecule has 17 heavy (non-hydrogen) atoms. The van der Waals surface area contributed by atoms with Gasteiger partial charge in [-0.15, -0.1) is 0 Å². The fourth-order valence-electron chi connectivity index (χ4n) is 1.43. The summed E-state index contributed by atoms with van der Waals surface area (Å²) >= 11 is 11.8. The molecule has 1 rings (SSSR count). The van der Waals surface area contributed by atoms with E-state index in [9.17, 15) is 0 Å². The molecule has 1 aromatic carbocycles. The number of rotatable bonds is 5. The molecule has 1 aromatic rings. The standard InChI is InChI=1S/C13H16Cl2N2/c1-13(2,6-3-7-16)9-17-10-4-5-11(14)12(15)8-10/h4-5,8,17H,3,6,9H2,1-2H3. The SMILES string of the molecule is CC(C)(CCC#N)CNc1ccc(Cl)c(Cl)c1. The number of nitriles is 1. The van der Waals surface area contributed by atoms with Gasteiger partial charge in [-0.05, 0) is 30.0 Å². The predicted octanol–water partition coefficient (Wildman–Crippen LogP) is 4.74. The fraction of sp³-hybridized carbons (Fsp3) is 0.462. The van der Waals surface area contributed by atoms with E-state index in [0.717, 1.165) is 18.7 Å². The van der Waals surface area contributed by atoms with Crippen molar-refractivity contribution in [1.82, 2.24) is 0 Å². The van der Waals surface area contributed by atoms with Gasteiger partial charge in [0.1, 0.15) is 0 Å². The van der Waals surface area contributed by atoms with Crippen LogP contribution in [0.3, 0.4) is 0 Å². The average Bonchev–Trinajstić information content (AvgIpc) is 2.28. The van der Waals surface area contributed by atoms with E-state index in [1.807, 2.05) is 12.1 Å². The molecular weight excluding hydrogens is 255 g/mol. The summed E-state index contributed by atoms with van der Waals surface area (Å²) in [6, 6.07) is 7.65. The Balaban J connectivity index is 2.55. The second-order valence-electron chi connectivity index (χ2n) is 4.80. The normalized spacial score (nSPS) is 11.0. The average molecular weight is 271 g/mol. The molecule has 0 unspecified atom stereocenters. The highest BCUT2D eigenvalue weighted by Crippen LogP contribution is 2.27. The number of hydrogen-bond donors (Lipinski definition) is 1. The van der Waals surface area contributed by atoms with Crippen molar-refractivity contribution in [1.29, 1.82) is 5.26 Å². The molecule has 0 aliphatic rings. The summed E-state index contributed by atoms with van der Waals surface area (Å²) in [6.07, 6.45) is 1.45. The summed E-state index contributed by atoms with van der Waals surface area (Å²) < 4.78 is 0. The lowest BCUT2D eigenvalue weighted by atomic mass is 9.88. The number of nitrogens with one attached hydrogen (secondary N) is 1. The zero-order valence-electron chi connectivity index (χ0n) is 10.1. The Morgan fingerprint density at radius 2 is 2.00 bits per heavy atom. The van der Waals surface area contributed by atoms with Crippen LogP contribution in [-0.4, -0.2) is 6.54 Å². The van der Waals surface area contributed by atoms with Gasteiger partial charge in [0.2, 0.25) is 0 Å². The van der Waals surface area contributed by atoms with E-state index < -0.39 is 0 Å². The molecule has 0 amide bonds. The molecule has 0 heterocycles. The van der Waals surface area contributed by atoms with Crippen molar-refractivity contribution >= 4 is 28.9 Å². The third-order valence-electron chi connectivity index (χ3n) is 2.60. The Morgan fingerprint density at radius 1 is 1.29 bits per heavy atom. The van der Waals surface area contributed by atoms with Crippen molar-refractivity contribution in [2.45, 2.75) is 26.7 Å². The van der Waals surface area contributed by atoms with E-state index in [2.05, 4.69) is 25.2 Å². The van der Waals surface area contributed by atoms with Crippen molar-refractivity contribution in [3.05, 3.63) is 28.2 Å². The second-order valence-corrected chi connectivity index (χ2v) is 5.62. The molecule has 0 saturated heterocycles. The summed E-state index contributed by atoms with van der Waals surface area (Å²) in [6.45, 7) is 5.07. The van der Waals surface area contributed by atoms with E-state index in [-0.39, 0.29) is 5.41 Å². The van der Waals surface area contributed by atoms with Gasteiger partial charge in [-0.3, -0.25) is 0 Å². The van der Waals surface area contributed by atoms with Gasteiger partial charge in [0.15, 0.2) is 0 Å². The monoisotopic (exact) mass is 270 g/mol. The molecule has 0 aliphatic heterocycles. The quantitative estimate of drug-likeness (QED) is 0.839. The lowest BCUT2D eigenvalue weighted by Crippen LogP contribution is -2.22. The van der Waals surface area contributed by atoms with E-state index in [1.54, 1.807) is 6.07 Å². The zero-order valence-corrected chi connectivity index (χ0v) is 11.6. The van der Waals surface area contributed by atoms with Crippen LogP contribution in [-0.2, 0) is 0 Å². The van der Waals surface area contributed by atoms with Crippen LogP contribution in [0.4, 0.5) is 5.69 Å². The molecule has 0 aliphatic carbocycles. The van der Waals surface area contributed by atoms with Gasteiger partial charge in [0.25, 0.3) is 0 Å². The first kappa shape index (κ1) is 14.2. The van der Waals surface area contributed by atoms with Gasteiger partial charge in [-0.2, -0.15) is 5.26 Å². The van der Waals surface area contributed by atoms with Crippen LogP contribution in [0.1, 0.15) is 26.7 Å². The molecule has 92 valence electrons. The lowest BCUT2D eigenvalue weighted by molar-refractivity contribution is 0.364. The highest BCUT2D eigenvalue weighted by Gasteiger charge is 2.17. The maximum atomic E-state index is 8.58. The van der Waals surface area contributed by atoms with Crippen LogP contribution in [0, 0.1) is 16.7 Å². The van der Waals surface area contributed by atoms with E-state index in [4.69, 9.17) is 28.5 Å². The minimum Gasteiger partial charge on any atom is -0.384 e. The smallest absolute Gasteiger partial charge is 0.0621 e. The lowest BCUT2D eigenvalue weighted by Gasteiger charge is -2.24. The van der Waals surface area contributed by atoms with Crippen LogP contribution < -0.4 is 5.32 Å². The molecule has 0 radical (unpaired) electrons. The summed E-state index contributed by atoms with van der Waals surface area (Å²) in [5, 5.41) is 13.0. The first-order valence-corrected chi connectivity index (χ1v) is 6.26. The second kappa shape index (κ2) is 6.14. The first-order valence-electron chi connectivity index (χ1n) is 5.50. The maximum Gasteiger partial charge on any atom is 0.0621 e. The number of hydrogen-bond acceptors (Lipinski definition) is 2. The zero-order chi connectivity index (χ0) is 12.9. The maximum absolute atomic E-state index is 8.58. The predicted molar refractivity (Wildman–Crippen MR) is 73.6 cm³/mol. The topological polar surface area (TPSA) is 35.8 Å². The minimum absolute atomic E-state index is 0.0852. The van der Waals surface area contributed by atoms with Crippen molar-refractivity contribution in [3.63, 3.8) is 0 Å². The molecule has 0 atom stereocenters. The minimum atomic E-state index is 0.0852. The molecular formula is C13H16Cl2N2. The van der Waals surface area contributed by atoms with Crippen LogP contribution in [0.25, 0.3) is 0 Å². The van der Waals surface area contributed by atoms with Gasteiger partial charge in [0, 0.05) is 18.7 Å². The number of halogens is 2. The molecule has 0 spiro atoms.